The van der Waals surface area contributed by atoms with E-state index in [2.05, 4.69) is 24.9 Å². The van der Waals surface area contributed by atoms with Gasteiger partial charge >= 0.3 is 6.18 Å². The first kappa shape index (κ1) is 28.4. The minimum absolute atomic E-state index is 0.0238. The summed E-state index contributed by atoms with van der Waals surface area (Å²) >= 11 is 0. The molecule has 0 bridgehead atoms. The Balaban J connectivity index is 1.34. The van der Waals surface area contributed by atoms with E-state index in [1.807, 2.05) is 0 Å². The van der Waals surface area contributed by atoms with Crippen LogP contribution in [-0.4, -0.2) is 48.8 Å². The fraction of sp³-hybridized carbons (Fsp3) is 0.333. The number of pyridine rings is 1. The van der Waals surface area contributed by atoms with Crippen molar-refractivity contribution < 1.29 is 26.4 Å². The molecule has 4 heterocycles. The number of fused-ring (bicyclic) bond motifs is 3. The molecule has 0 radical (unpaired) electrons. The SMILES string of the molecule is O=C(NS(=O)(=O)c1cccnc1)c1ccc2[nH]c3c(c2c1)C(C1CCNCC1)N(Cc1ccc(C(F)(F)F)cc1)CC3. The van der Waals surface area contributed by atoms with Crippen molar-refractivity contribution >= 4 is 26.8 Å². The molecule has 1 atom stereocenters. The number of benzene rings is 2. The maximum Gasteiger partial charge on any atom is 0.416 e. The smallest absolute Gasteiger partial charge is 0.358 e. The lowest BCUT2D eigenvalue weighted by atomic mass is 9.81. The van der Waals surface area contributed by atoms with Crippen molar-refractivity contribution in [3.05, 3.63) is 94.9 Å². The average molecular weight is 598 g/mol. The molecule has 1 saturated heterocycles. The van der Waals surface area contributed by atoms with Crippen LogP contribution < -0.4 is 10.0 Å². The Hall–Kier alpha value is -3.74. The number of halogens is 3. The van der Waals surface area contributed by atoms with E-state index in [4.69, 9.17) is 0 Å². The third kappa shape index (κ3) is 5.66. The summed E-state index contributed by atoms with van der Waals surface area (Å²) in [5.41, 5.74) is 3.32. The summed E-state index contributed by atoms with van der Waals surface area (Å²) < 4.78 is 67.1. The Bertz CT molecular complexity index is 1700. The van der Waals surface area contributed by atoms with Gasteiger partial charge in [0.25, 0.3) is 15.9 Å². The Kier molecular flexibility index (Phi) is 7.54. The lowest BCUT2D eigenvalue weighted by Crippen LogP contribution is -2.42. The first-order valence-electron chi connectivity index (χ1n) is 13.8. The van der Waals surface area contributed by atoms with Crippen LogP contribution in [0.4, 0.5) is 13.2 Å². The monoisotopic (exact) mass is 597 g/mol. The van der Waals surface area contributed by atoms with E-state index in [-0.39, 0.29) is 16.5 Å². The van der Waals surface area contributed by atoms with Crippen LogP contribution in [0, 0.1) is 5.92 Å². The maximum atomic E-state index is 13.1. The molecule has 4 aromatic rings. The summed E-state index contributed by atoms with van der Waals surface area (Å²) in [6, 6.07) is 13.3. The molecule has 2 aromatic carbocycles. The third-order valence-electron chi connectivity index (χ3n) is 8.19. The van der Waals surface area contributed by atoms with Gasteiger partial charge in [0.1, 0.15) is 4.90 Å². The quantitative estimate of drug-likeness (QED) is 0.295. The fourth-order valence-electron chi connectivity index (χ4n) is 6.17. The van der Waals surface area contributed by atoms with Crippen molar-refractivity contribution in [3.63, 3.8) is 0 Å². The number of alkyl halides is 3. The number of nitrogens with one attached hydrogen (secondary N) is 3. The normalized spacial score (nSPS) is 18.6. The summed E-state index contributed by atoms with van der Waals surface area (Å²) in [6.07, 6.45) is 0.817. The molecule has 220 valence electrons. The molecular weight excluding hydrogens is 567 g/mol. The number of carbonyl (C=O) groups is 1. The molecule has 0 saturated carbocycles. The number of nitrogens with zero attached hydrogens (tertiary/aromatic N) is 2. The van der Waals surface area contributed by atoms with Crippen molar-refractivity contribution in [1.82, 2.24) is 24.9 Å². The molecular formula is C30H30F3N5O3S. The Morgan fingerprint density at radius 2 is 1.83 bits per heavy atom. The van der Waals surface area contributed by atoms with Gasteiger partial charge in [-0.05, 0) is 85.4 Å². The molecule has 12 heteroatoms. The van der Waals surface area contributed by atoms with E-state index in [0.29, 0.717) is 18.9 Å². The van der Waals surface area contributed by atoms with Gasteiger partial charge in [0.15, 0.2) is 0 Å². The number of hydrogen-bond donors (Lipinski definition) is 3. The van der Waals surface area contributed by atoms with Crippen molar-refractivity contribution in [2.75, 3.05) is 19.6 Å². The predicted molar refractivity (Wildman–Crippen MR) is 151 cm³/mol. The maximum absolute atomic E-state index is 13.1. The Labute approximate surface area is 241 Å². The van der Waals surface area contributed by atoms with Gasteiger partial charge in [-0.25, -0.2) is 13.1 Å². The van der Waals surface area contributed by atoms with Crippen LogP contribution in [0.1, 0.15) is 51.6 Å². The number of rotatable bonds is 6. The zero-order valence-electron chi connectivity index (χ0n) is 22.6. The number of amides is 1. The lowest BCUT2D eigenvalue weighted by molar-refractivity contribution is -0.137. The van der Waals surface area contributed by atoms with Crippen molar-refractivity contribution in [2.45, 2.75) is 42.9 Å². The van der Waals surface area contributed by atoms with Crippen molar-refractivity contribution in [3.8, 4) is 0 Å². The number of aromatic nitrogens is 2. The molecule has 8 nitrogen and oxygen atoms in total. The van der Waals surface area contributed by atoms with Gasteiger partial charge in [-0.1, -0.05) is 12.1 Å². The van der Waals surface area contributed by atoms with Crippen LogP contribution in [0.5, 0.6) is 0 Å². The Morgan fingerprint density at radius 1 is 1.07 bits per heavy atom. The zero-order chi connectivity index (χ0) is 29.5. The number of piperidine rings is 1. The van der Waals surface area contributed by atoms with Gasteiger partial charge in [-0.3, -0.25) is 14.7 Å². The van der Waals surface area contributed by atoms with E-state index in [0.717, 1.165) is 72.3 Å². The molecule has 1 fully saturated rings. The minimum Gasteiger partial charge on any atom is -0.358 e. The van der Waals surface area contributed by atoms with Crippen LogP contribution in [-0.2, 0) is 29.2 Å². The van der Waals surface area contributed by atoms with Crippen molar-refractivity contribution in [2.24, 2.45) is 5.92 Å². The highest BCUT2D eigenvalue weighted by Crippen LogP contribution is 2.43. The van der Waals surface area contributed by atoms with Gasteiger partial charge in [-0.15, -0.1) is 0 Å². The van der Waals surface area contributed by atoms with Gasteiger partial charge in [0.05, 0.1) is 5.56 Å². The summed E-state index contributed by atoms with van der Waals surface area (Å²) in [7, 11) is -4.10. The molecule has 3 N–H and O–H groups in total. The van der Waals surface area contributed by atoms with Crippen LogP contribution in [0.25, 0.3) is 10.9 Å². The predicted octanol–water partition coefficient (Wildman–Crippen LogP) is 4.80. The summed E-state index contributed by atoms with van der Waals surface area (Å²) in [5, 5.41) is 4.25. The fourth-order valence-corrected chi connectivity index (χ4v) is 7.11. The van der Waals surface area contributed by atoms with E-state index >= 15 is 0 Å². The first-order chi connectivity index (χ1) is 20.1. The largest absolute Gasteiger partial charge is 0.416 e. The summed E-state index contributed by atoms with van der Waals surface area (Å²) in [4.78, 5) is 22.7. The molecule has 1 unspecified atom stereocenters. The van der Waals surface area contributed by atoms with E-state index in [1.165, 1.54) is 36.7 Å². The summed E-state index contributed by atoms with van der Waals surface area (Å²) in [6.45, 7) is 2.95. The molecule has 1 amide bonds. The van der Waals surface area contributed by atoms with Gasteiger partial charge < -0.3 is 10.3 Å². The highest BCUT2D eigenvalue weighted by atomic mass is 32.2. The standard InChI is InChI=1S/C30H30F3N5O3S/c31-30(32,33)22-6-3-19(4-7-22)18-38-15-11-26-27(28(38)20-9-13-34-14-10-20)24-16-21(5-8-25(24)36-26)29(39)37-42(40,41)23-2-1-12-35-17-23/h1-8,12,16-17,20,28,34,36H,9-11,13-15,18H2,(H,37,39). The highest BCUT2D eigenvalue weighted by Gasteiger charge is 2.37. The molecule has 6 rings (SSSR count). The number of H-pyrrole nitrogens is 1. The molecule has 0 aliphatic carbocycles. The van der Waals surface area contributed by atoms with E-state index in [1.54, 1.807) is 18.2 Å². The topological polar surface area (TPSA) is 107 Å². The van der Waals surface area contributed by atoms with Gasteiger partial charge in [0, 0.05) is 60.1 Å². The molecule has 42 heavy (non-hydrogen) atoms. The zero-order valence-corrected chi connectivity index (χ0v) is 23.4. The molecule has 2 aliphatic rings. The molecule has 2 aliphatic heterocycles. The van der Waals surface area contributed by atoms with Gasteiger partial charge in [-0.2, -0.15) is 13.2 Å². The number of sulfonamides is 1. The lowest BCUT2D eigenvalue weighted by Gasteiger charge is -2.42. The Morgan fingerprint density at radius 3 is 2.52 bits per heavy atom. The third-order valence-corrected chi connectivity index (χ3v) is 9.51. The molecule has 0 spiro atoms. The number of carbonyl (C=O) groups excluding carboxylic acids is 1. The number of hydrogen-bond acceptors (Lipinski definition) is 6. The molecule has 2 aromatic heterocycles. The minimum atomic E-state index is -4.39. The number of aromatic amines is 1. The second-order valence-corrected chi connectivity index (χ2v) is 12.5. The van der Waals surface area contributed by atoms with Crippen LogP contribution in [0.15, 0.2) is 71.9 Å². The van der Waals surface area contributed by atoms with E-state index < -0.39 is 27.7 Å². The van der Waals surface area contributed by atoms with Crippen LogP contribution in [0.2, 0.25) is 0 Å². The van der Waals surface area contributed by atoms with Crippen LogP contribution >= 0.6 is 0 Å². The van der Waals surface area contributed by atoms with Crippen molar-refractivity contribution in [1.29, 1.82) is 0 Å². The van der Waals surface area contributed by atoms with Crippen LogP contribution in [0.3, 0.4) is 0 Å². The van der Waals surface area contributed by atoms with Gasteiger partial charge in [0.2, 0.25) is 0 Å². The van der Waals surface area contributed by atoms with E-state index in [9.17, 15) is 26.4 Å². The summed E-state index contributed by atoms with van der Waals surface area (Å²) in [5.74, 6) is -0.450. The first-order valence-corrected chi connectivity index (χ1v) is 15.3. The average Bonchev–Trinajstić information content (AvgIpc) is 3.35. The second kappa shape index (κ2) is 11.2. The highest BCUT2D eigenvalue weighted by molar-refractivity contribution is 7.90. The second-order valence-electron chi connectivity index (χ2n) is 10.8.